The first-order valence-electron chi connectivity index (χ1n) is 7.84. The molecular formula is C15H28N2O4. The minimum atomic E-state index is -0.0937. The van der Waals surface area contributed by atoms with E-state index < -0.39 is 0 Å². The van der Waals surface area contributed by atoms with E-state index in [0.29, 0.717) is 19.7 Å². The Morgan fingerprint density at radius 1 is 1.24 bits per heavy atom. The van der Waals surface area contributed by atoms with Crippen molar-refractivity contribution in [1.82, 2.24) is 10.6 Å². The molecule has 1 heterocycles. The lowest BCUT2D eigenvalue weighted by molar-refractivity contribution is -0.126. The maximum Gasteiger partial charge on any atom is 0.220 e. The lowest BCUT2D eigenvalue weighted by atomic mass is 10.2. The summed E-state index contributed by atoms with van der Waals surface area (Å²) in [5.74, 6) is -0.185. The molecule has 2 N–H and O–H groups in total. The zero-order valence-electron chi connectivity index (χ0n) is 13.2. The molecule has 2 amide bonds. The fourth-order valence-electron chi connectivity index (χ4n) is 2.06. The highest BCUT2D eigenvalue weighted by atomic mass is 16.5. The van der Waals surface area contributed by atoms with E-state index in [9.17, 15) is 9.59 Å². The topological polar surface area (TPSA) is 76.7 Å². The molecule has 0 saturated carbocycles. The van der Waals surface area contributed by atoms with E-state index in [1.54, 1.807) is 0 Å². The van der Waals surface area contributed by atoms with Gasteiger partial charge in [-0.25, -0.2) is 0 Å². The zero-order valence-corrected chi connectivity index (χ0v) is 13.2. The normalized spacial score (nSPS) is 18.0. The van der Waals surface area contributed by atoms with Gasteiger partial charge in [-0.2, -0.15) is 0 Å². The molecule has 0 bridgehead atoms. The van der Waals surface area contributed by atoms with E-state index in [1.165, 1.54) is 0 Å². The maximum atomic E-state index is 11.6. The van der Waals surface area contributed by atoms with Gasteiger partial charge in [-0.15, -0.1) is 0 Å². The Morgan fingerprint density at radius 2 is 1.95 bits per heavy atom. The average Bonchev–Trinajstić information content (AvgIpc) is 2.95. The average molecular weight is 300 g/mol. The maximum absolute atomic E-state index is 11.6. The molecule has 0 aromatic rings. The Morgan fingerprint density at radius 3 is 2.57 bits per heavy atom. The van der Waals surface area contributed by atoms with Gasteiger partial charge >= 0.3 is 0 Å². The summed E-state index contributed by atoms with van der Waals surface area (Å²) in [6, 6.07) is 0. The van der Waals surface area contributed by atoms with Crippen LogP contribution in [-0.2, 0) is 19.1 Å². The van der Waals surface area contributed by atoms with Gasteiger partial charge in [-0.1, -0.05) is 0 Å². The number of nitrogens with one attached hydrogen (secondary N) is 2. The van der Waals surface area contributed by atoms with E-state index in [2.05, 4.69) is 10.6 Å². The summed E-state index contributed by atoms with van der Waals surface area (Å²) in [6.07, 6.45) is 3.65. The molecule has 0 aromatic heterocycles. The van der Waals surface area contributed by atoms with Crippen molar-refractivity contribution in [2.75, 3.05) is 26.3 Å². The highest BCUT2D eigenvalue weighted by Crippen LogP contribution is 2.10. The summed E-state index contributed by atoms with van der Waals surface area (Å²) in [5, 5.41) is 5.59. The smallest absolute Gasteiger partial charge is 0.220 e. The Balaban J connectivity index is 1.95. The van der Waals surface area contributed by atoms with Crippen molar-refractivity contribution >= 4 is 11.8 Å². The molecule has 21 heavy (non-hydrogen) atoms. The first-order chi connectivity index (χ1) is 10.1. The minimum absolute atomic E-state index is 0.0909. The largest absolute Gasteiger partial charge is 0.379 e. The summed E-state index contributed by atoms with van der Waals surface area (Å²) in [6.45, 7) is 6.51. The lowest BCUT2D eigenvalue weighted by Crippen LogP contribution is -2.33. The van der Waals surface area contributed by atoms with Crippen LogP contribution in [0.2, 0.25) is 0 Å². The van der Waals surface area contributed by atoms with Crippen LogP contribution in [0.15, 0.2) is 0 Å². The van der Waals surface area contributed by atoms with Gasteiger partial charge in [-0.05, 0) is 33.1 Å². The van der Waals surface area contributed by atoms with Gasteiger partial charge in [0.25, 0.3) is 0 Å². The molecule has 1 fully saturated rings. The third-order valence-electron chi connectivity index (χ3n) is 3.22. The highest BCUT2D eigenvalue weighted by molar-refractivity contribution is 5.83. The molecule has 1 atom stereocenters. The van der Waals surface area contributed by atoms with Crippen molar-refractivity contribution in [3.8, 4) is 0 Å². The number of ether oxygens (including phenoxy) is 2. The molecule has 0 aliphatic carbocycles. The standard InChI is InChI=1S/C15H28N2O4/c1-12(2)20-10-4-8-16-14(18)6-7-15(19)17-11-13-5-3-9-21-13/h12-13H,3-11H2,1-2H3,(H,16,18)(H,17,19). The van der Waals surface area contributed by atoms with Crippen LogP contribution < -0.4 is 10.6 Å². The molecule has 1 aliphatic heterocycles. The first kappa shape index (κ1) is 17.9. The van der Waals surface area contributed by atoms with Crippen molar-refractivity contribution in [1.29, 1.82) is 0 Å². The van der Waals surface area contributed by atoms with Gasteiger partial charge in [0.05, 0.1) is 12.2 Å². The van der Waals surface area contributed by atoms with Gasteiger partial charge in [0.1, 0.15) is 0 Å². The van der Waals surface area contributed by atoms with Gasteiger partial charge in [0.2, 0.25) is 11.8 Å². The van der Waals surface area contributed by atoms with Crippen molar-refractivity contribution < 1.29 is 19.1 Å². The molecule has 1 rings (SSSR count). The van der Waals surface area contributed by atoms with E-state index in [-0.39, 0.29) is 36.9 Å². The predicted octanol–water partition coefficient (Wildman–Crippen LogP) is 0.993. The van der Waals surface area contributed by atoms with Crippen LogP contribution in [0.5, 0.6) is 0 Å². The molecule has 6 heteroatoms. The number of amides is 2. The number of carbonyl (C=O) groups excluding carboxylic acids is 2. The predicted molar refractivity (Wildman–Crippen MR) is 79.9 cm³/mol. The van der Waals surface area contributed by atoms with Crippen LogP contribution in [0.1, 0.15) is 46.0 Å². The Kier molecular flexibility index (Phi) is 9.01. The van der Waals surface area contributed by atoms with Gasteiger partial charge < -0.3 is 20.1 Å². The lowest BCUT2D eigenvalue weighted by Gasteiger charge is -2.11. The van der Waals surface area contributed by atoms with Crippen molar-refractivity contribution in [3.05, 3.63) is 0 Å². The molecule has 6 nitrogen and oxygen atoms in total. The molecule has 0 radical (unpaired) electrons. The van der Waals surface area contributed by atoms with Crippen LogP contribution in [-0.4, -0.2) is 50.3 Å². The second kappa shape index (κ2) is 10.6. The summed E-state index contributed by atoms with van der Waals surface area (Å²) < 4.78 is 10.8. The van der Waals surface area contributed by atoms with Crippen LogP contribution in [0.3, 0.4) is 0 Å². The highest BCUT2D eigenvalue weighted by Gasteiger charge is 2.16. The van der Waals surface area contributed by atoms with Gasteiger partial charge in [0, 0.05) is 39.1 Å². The molecule has 0 aromatic carbocycles. The van der Waals surface area contributed by atoms with Crippen molar-refractivity contribution in [3.63, 3.8) is 0 Å². The van der Waals surface area contributed by atoms with Gasteiger partial charge in [-0.3, -0.25) is 9.59 Å². The summed E-state index contributed by atoms with van der Waals surface area (Å²) in [7, 11) is 0. The summed E-state index contributed by atoms with van der Waals surface area (Å²) >= 11 is 0. The molecule has 122 valence electrons. The van der Waals surface area contributed by atoms with Crippen molar-refractivity contribution in [2.45, 2.75) is 58.2 Å². The number of rotatable bonds is 10. The SMILES string of the molecule is CC(C)OCCCNC(=O)CCC(=O)NCC1CCCO1. The second-order valence-corrected chi connectivity index (χ2v) is 5.56. The van der Waals surface area contributed by atoms with E-state index in [1.807, 2.05) is 13.8 Å². The quantitative estimate of drug-likeness (QED) is 0.590. The fraction of sp³-hybridized carbons (Fsp3) is 0.867. The van der Waals surface area contributed by atoms with Crippen molar-refractivity contribution in [2.24, 2.45) is 0 Å². The Hall–Kier alpha value is -1.14. The Labute approximate surface area is 126 Å². The second-order valence-electron chi connectivity index (χ2n) is 5.56. The van der Waals surface area contributed by atoms with Crippen LogP contribution in [0, 0.1) is 0 Å². The monoisotopic (exact) mass is 300 g/mol. The first-order valence-corrected chi connectivity index (χ1v) is 7.84. The zero-order chi connectivity index (χ0) is 15.5. The third kappa shape index (κ3) is 9.42. The number of hydrogen-bond acceptors (Lipinski definition) is 4. The third-order valence-corrected chi connectivity index (χ3v) is 3.22. The van der Waals surface area contributed by atoms with Crippen LogP contribution >= 0.6 is 0 Å². The number of hydrogen-bond donors (Lipinski definition) is 2. The Bertz CT molecular complexity index is 315. The number of carbonyl (C=O) groups is 2. The molecule has 1 unspecified atom stereocenters. The van der Waals surface area contributed by atoms with Crippen LogP contribution in [0.4, 0.5) is 0 Å². The summed E-state index contributed by atoms with van der Waals surface area (Å²) in [4.78, 5) is 23.1. The van der Waals surface area contributed by atoms with Gasteiger partial charge in [0.15, 0.2) is 0 Å². The van der Waals surface area contributed by atoms with E-state index in [4.69, 9.17) is 9.47 Å². The fourth-order valence-corrected chi connectivity index (χ4v) is 2.06. The molecule has 1 aliphatic rings. The molecule has 0 spiro atoms. The molecule has 1 saturated heterocycles. The van der Waals surface area contributed by atoms with E-state index >= 15 is 0 Å². The minimum Gasteiger partial charge on any atom is -0.379 e. The molecular weight excluding hydrogens is 272 g/mol. The van der Waals surface area contributed by atoms with E-state index in [0.717, 1.165) is 25.9 Å². The van der Waals surface area contributed by atoms with Crippen LogP contribution in [0.25, 0.3) is 0 Å². The summed E-state index contributed by atoms with van der Waals surface area (Å²) in [5.41, 5.74) is 0.